The van der Waals surface area contributed by atoms with Gasteiger partial charge in [0.15, 0.2) is 0 Å². The molecular weight excluding hydrogens is 563 g/mol. The van der Waals surface area contributed by atoms with Gasteiger partial charge >= 0.3 is 6.09 Å². The van der Waals surface area contributed by atoms with Crippen LogP contribution in [0.4, 0.5) is 29.3 Å². The number of hydrogen-bond acceptors (Lipinski definition) is 7. The van der Waals surface area contributed by atoms with Crippen LogP contribution in [-0.2, 0) is 11.2 Å². The van der Waals surface area contributed by atoms with Crippen molar-refractivity contribution in [3.05, 3.63) is 70.9 Å². The van der Waals surface area contributed by atoms with Gasteiger partial charge in [-0.15, -0.1) is 0 Å². The molecule has 2 aliphatic rings. The zero-order chi connectivity index (χ0) is 31.1. The van der Waals surface area contributed by atoms with Gasteiger partial charge in [-0.3, -0.25) is 9.78 Å². The number of amides is 2. The van der Waals surface area contributed by atoms with Crippen LogP contribution in [0.5, 0.6) is 0 Å². The van der Waals surface area contributed by atoms with Crippen LogP contribution in [-0.4, -0.2) is 51.8 Å². The monoisotopic (exact) mass is 597 g/mol. The Morgan fingerprint density at radius 3 is 2.49 bits per heavy atom. The van der Waals surface area contributed by atoms with E-state index in [9.17, 15) is 27.9 Å². The molecular formula is C31H34F3N5O4. The second-order valence-corrected chi connectivity index (χ2v) is 12.1. The van der Waals surface area contributed by atoms with Crippen molar-refractivity contribution in [2.24, 2.45) is 5.92 Å². The predicted molar refractivity (Wildman–Crippen MR) is 154 cm³/mol. The highest BCUT2D eigenvalue weighted by molar-refractivity contribution is 6.05. The van der Waals surface area contributed by atoms with Crippen molar-refractivity contribution >= 4 is 23.4 Å². The number of carbonyl (C=O) groups excluding carboxylic acids is 2. The lowest BCUT2D eigenvalue weighted by atomic mass is 9.94. The van der Waals surface area contributed by atoms with Gasteiger partial charge in [-0.05, 0) is 70.2 Å². The number of hydrogen-bond donors (Lipinski definition) is 3. The molecule has 1 unspecified atom stereocenters. The number of rotatable bonds is 5. The molecule has 0 spiro atoms. The highest BCUT2D eigenvalue weighted by Gasteiger charge is 2.34. The number of nitrogens with one attached hydrogen (secondary N) is 2. The van der Waals surface area contributed by atoms with Crippen LogP contribution in [0.15, 0.2) is 36.5 Å². The number of aromatic nitrogens is 2. The van der Waals surface area contributed by atoms with Crippen LogP contribution < -0.4 is 15.5 Å². The first-order valence-corrected chi connectivity index (χ1v) is 14.2. The molecule has 43 heavy (non-hydrogen) atoms. The Labute approximate surface area is 247 Å². The average molecular weight is 598 g/mol. The number of fused-ring (bicyclic) bond motifs is 1. The van der Waals surface area contributed by atoms with Gasteiger partial charge in [0.25, 0.3) is 5.91 Å². The van der Waals surface area contributed by atoms with Crippen molar-refractivity contribution in [3.63, 3.8) is 0 Å². The Bertz CT molecular complexity index is 1540. The summed E-state index contributed by atoms with van der Waals surface area (Å²) in [6.07, 6.45) is 1.85. The number of aliphatic hydroxyl groups is 1. The van der Waals surface area contributed by atoms with Crippen LogP contribution >= 0.6 is 0 Å². The fraction of sp³-hybridized carbons (Fsp3) is 0.419. The van der Waals surface area contributed by atoms with Gasteiger partial charge in [-0.2, -0.15) is 0 Å². The molecule has 1 saturated heterocycles. The maximum Gasteiger partial charge on any atom is 0.407 e. The number of pyridine rings is 2. The standard InChI is InChI=1S/C31H34F3N5O4/c1-16-12-17(36-30(42)43-31(2,3)4)15-39(14-16)28-18-8-11-24(40)26(18)35-13-23(28)38-29(41)22-10-9-21(34)27(37-22)25-19(32)6-5-7-20(25)33/h5-7,9-10,13,16-17,24,40H,8,11-12,14-15H2,1-4H3,(H,36,42)(H,38,41)/t16-,17+,24?/m1/s1. The molecule has 9 nitrogen and oxygen atoms in total. The zero-order valence-corrected chi connectivity index (χ0v) is 24.4. The first-order valence-electron chi connectivity index (χ1n) is 14.2. The van der Waals surface area contributed by atoms with Gasteiger partial charge in [-0.1, -0.05) is 13.0 Å². The Balaban J connectivity index is 1.46. The Hall–Kier alpha value is -4.19. The molecule has 228 valence electrons. The maximum absolute atomic E-state index is 14.6. The van der Waals surface area contributed by atoms with Crippen molar-refractivity contribution in [2.45, 2.75) is 64.7 Å². The van der Waals surface area contributed by atoms with Gasteiger partial charge in [0.2, 0.25) is 0 Å². The molecule has 0 saturated carbocycles. The third-order valence-corrected chi connectivity index (χ3v) is 7.39. The van der Waals surface area contributed by atoms with Crippen molar-refractivity contribution in [1.82, 2.24) is 15.3 Å². The van der Waals surface area contributed by atoms with Crippen LogP contribution in [0.2, 0.25) is 0 Å². The molecule has 1 fully saturated rings. The van der Waals surface area contributed by atoms with Crippen LogP contribution in [0.25, 0.3) is 11.3 Å². The van der Waals surface area contributed by atoms with Crippen molar-refractivity contribution in [2.75, 3.05) is 23.3 Å². The quantitative estimate of drug-likeness (QED) is 0.354. The molecule has 3 N–H and O–H groups in total. The van der Waals surface area contributed by atoms with E-state index in [4.69, 9.17) is 4.74 Å². The largest absolute Gasteiger partial charge is 0.444 e. The molecule has 0 radical (unpaired) electrons. The summed E-state index contributed by atoms with van der Waals surface area (Å²) in [4.78, 5) is 36.4. The van der Waals surface area contributed by atoms with Gasteiger partial charge in [0.05, 0.1) is 34.9 Å². The molecule has 3 heterocycles. The number of piperidine rings is 1. The number of anilines is 2. The molecule has 3 aromatic rings. The van der Waals surface area contributed by atoms with E-state index >= 15 is 0 Å². The van der Waals surface area contributed by atoms with Gasteiger partial charge in [0.1, 0.15) is 34.4 Å². The van der Waals surface area contributed by atoms with E-state index in [1.165, 1.54) is 6.20 Å². The molecule has 1 aliphatic carbocycles. The van der Waals surface area contributed by atoms with Crippen molar-refractivity contribution in [3.8, 4) is 11.3 Å². The van der Waals surface area contributed by atoms with E-state index in [1.807, 2.05) is 4.90 Å². The van der Waals surface area contributed by atoms with E-state index in [1.54, 1.807) is 20.8 Å². The third kappa shape index (κ3) is 6.58. The highest BCUT2D eigenvalue weighted by atomic mass is 19.1. The number of aliphatic hydroxyl groups excluding tert-OH is 1. The van der Waals surface area contributed by atoms with E-state index in [0.29, 0.717) is 49.4 Å². The van der Waals surface area contributed by atoms with E-state index in [2.05, 4.69) is 27.5 Å². The molecule has 0 bridgehead atoms. The summed E-state index contributed by atoms with van der Waals surface area (Å²) in [5, 5.41) is 16.3. The second-order valence-electron chi connectivity index (χ2n) is 12.1. The fourth-order valence-corrected chi connectivity index (χ4v) is 5.73. The minimum Gasteiger partial charge on any atom is -0.444 e. The maximum atomic E-state index is 14.6. The lowest BCUT2D eigenvalue weighted by Crippen LogP contribution is -2.51. The number of benzene rings is 1. The minimum atomic E-state index is -1.01. The lowest BCUT2D eigenvalue weighted by Gasteiger charge is -2.40. The van der Waals surface area contributed by atoms with Crippen molar-refractivity contribution in [1.29, 1.82) is 0 Å². The summed E-state index contributed by atoms with van der Waals surface area (Å²) in [5.74, 6) is -3.60. The number of alkyl carbamates (subject to hydrolysis) is 1. The second kappa shape index (κ2) is 11.8. The smallest absolute Gasteiger partial charge is 0.407 e. The molecule has 3 atom stereocenters. The van der Waals surface area contributed by atoms with Gasteiger partial charge in [0, 0.05) is 24.7 Å². The zero-order valence-electron chi connectivity index (χ0n) is 24.4. The minimum absolute atomic E-state index is 0.157. The van der Waals surface area contributed by atoms with E-state index in [0.717, 1.165) is 35.9 Å². The van der Waals surface area contributed by atoms with Gasteiger partial charge < -0.3 is 25.4 Å². The Morgan fingerprint density at radius 1 is 1.07 bits per heavy atom. The van der Waals surface area contributed by atoms with Crippen molar-refractivity contribution < 1.29 is 32.6 Å². The molecule has 12 heteroatoms. The molecule has 1 aromatic carbocycles. The van der Waals surface area contributed by atoms with E-state index < -0.39 is 52.4 Å². The van der Waals surface area contributed by atoms with E-state index in [-0.39, 0.29) is 17.7 Å². The average Bonchev–Trinajstić information content (AvgIpc) is 3.28. The summed E-state index contributed by atoms with van der Waals surface area (Å²) in [6, 6.07) is 4.91. The summed E-state index contributed by atoms with van der Waals surface area (Å²) in [5.41, 5.74) is 0.0517. The predicted octanol–water partition coefficient (Wildman–Crippen LogP) is 5.53. The molecule has 2 amide bonds. The van der Waals surface area contributed by atoms with Crippen LogP contribution in [0.3, 0.4) is 0 Å². The number of halogens is 3. The van der Waals surface area contributed by atoms with Crippen LogP contribution in [0, 0.1) is 23.4 Å². The summed E-state index contributed by atoms with van der Waals surface area (Å²) in [7, 11) is 0. The fourth-order valence-electron chi connectivity index (χ4n) is 5.73. The van der Waals surface area contributed by atoms with Gasteiger partial charge in [-0.25, -0.2) is 22.9 Å². The summed E-state index contributed by atoms with van der Waals surface area (Å²) >= 11 is 0. The summed E-state index contributed by atoms with van der Waals surface area (Å²) < 4.78 is 48.9. The molecule has 1 aliphatic heterocycles. The molecule has 5 rings (SSSR count). The molecule has 2 aromatic heterocycles. The Morgan fingerprint density at radius 2 is 1.79 bits per heavy atom. The number of ether oxygens (including phenoxy) is 1. The first-order chi connectivity index (χ1) is 20.3. The Kier molecular flexibility index (Phi) is 8.33. The number of nitrogens with zero attached hydrogens (tertiary/aromatic N) is 3. The topological polar surface area (TPSA) is 117 Å². The first kappa shape index (κ1) is 30.3. The normalized spacial score (nSPS) is 20.0. The number of carbonyl (C=O) groups is 2. The van der Waals surface area contributed by atoms with Crippen LogP contribution in [0.1, 0.15) is 68.4 Å². The highest BCUT2D eigenvalue weighted by Crippen LogP contribution is 2.42. The third-order valence-electron chi connectivity index (χ3n) is 7.39. The summed E-state index contributed by atoms with van der Waals surface area (Å²) in [6.45, 7) is 8.42. The SMILES string of the molecule is C[C@@H]1C[C@H](NC(=O)OC(C)(C)C)CN(c2c(NC(=O)c3ccc(F)c(-c4c(F)cccc4F)n3)cnc3c2CCC3O)C1. The lowest BCUT2D eigenvalue weighted by molar-refractivity contribution is 0.0495.